The van der Waals surface area contributed by atoms with Gasteiger partial charge in [-0.3, -0.25) is 4.79 Å². The zero-order valence-corrected chi connectivity index (χ0v) is 9.90. The van der Waals surface area contributed by atoms with Crippen molar-refractivity contribution in [2.75, 3.05) is 0 Å². The predicted molar refractivity (Wildman–Crippen MR) is 63.4 cm³/mol. The van der Waals surface area contributed by atoms with E-state index >= 15 is 0 Å². The van der Waals surface area contributed by atoms with Gasteiger partial charge in [0.1, 0.15) is 0 Å². The van der Waals surface area contributed by atoms with Crippen LogP contribution in [0.5, 0.6) is 0 Å². The minimum absolute atomic E-state index is 0.180. The second-order valence-corrected chi connectivity index (χ2v) is 5.22. The van der Waals surface area contributed by atoms with Crippen molar-refractivity contribution in [2.24, 2.45) is 0 Å². The normalized spacial score (nSPS) is 11.1. The van der Waals surface area contributed by atoms with Gasteiger partial charge in [0.05, 0.1) is 12.1 Å². The van der Waals surface area contributed by atoms with E-state index in [1.165, 1.54) is 0 Å². The smallest absolute Gasteiger partial charge is 0.228 e. The van der Waals surface area contributed by atoms with Gasteiger partial charge >= 0.3 is 0 Å². The van der Waals surface area contributed by atoms with Crippen LogP contribution in [0.1, 0.15) is 16.8 Å². The summed E-state index contributed by atoms with van der Waals surface area (Å²) in [7, 11) is 0. The first-order chi connectivity index (χ1) is 6.91. The summed E-state index contributed by atoms with van der Waals surface area (Å²) < 4.78 is -1.80. The van der Waals surface area contributed by atoms with Crippen LogP contribution in [0, 0.1) is 5.41 Å². The number of hydrogen-bond acceptors (Lipinski definition) is 2. The van der Waals surface area contributed by atoms with Crippen LogP contribution in [0.3, 0.4) is 0 Å². The Labute approximate surface area is 103 Å². The molecule has 80 valence electrons. The lowest BCUT2D eigenvalue weighted by atomic mass is 10.1. The summed E-state index contributed by atoms with van der Waals surface area (Å²) in [5.74, 6) is -0.230. The molecule has 0 saturated heterocycles. The molecule has 0 bridgehead atoms. The minimum Gasteiger partial charge on any atom is -0.305 e. The molecule has 0 aliphatic carbocycles. The van der Waals surface area contributed by atoms with Gasteiger partial charge in [0.15, 0.2) is 5.78 Å². The molecule has 2 nitrogen and oxygen atoms in total. The number of Topliss-reactive ketones (excluding diaryl/α,β-unsaturated/α-hetero) is 1. The van der Waals surface area contributed by atoms with E-state index in [0.29, 0.717) is 5.56 Å². The fraction of sp³-hybridized carbons (Fsp3) is 0.200. The number of hydrogen-bond donors (Lipinski definition) is 1. The van der Waals surface area contributed by atoms with E-state index in [1.54, 1.807) is 30.3 Å². The molecule has 0 spiro atoms. The van der Waals surface area contributed by atoms with Gasteiger partial charge in [-0.25, -0.2) is 0 Å². The Bertz CT molecular complexity index is 370. The van der Waals surface area contributed by atoms with Gasteiger partial charge in [-0.2, -0.15) is 0 Å². The Morgan fingerprint density at radius 1 is 1.20 bits per heavy atom. The molecule has 0 radical (unpaired) electrons. The van der Waals surface area contributed by atoms with Crippen LogP contribution in [0.2, 0.25) is 0 Å². The van der Waals surface area contributed by atoms with E-state index in [2.05, 4.69) is 0 Å². The lowest BCUT2D eigenvalue weighted by Crippen LogP contribution is -2.21. The highest BCUT2D eigenvalue weighted by molar-refractivity contribution is 6.77. The van der Waals surface area contributed by atoms with Crippen molar-refractivity contribution in [1.82, 2.24) is 0 Å². The van der Waals surface area contributed by atoms with Gasteiger partial charge in [-0.15, -0.1) is 0 Å². The van der Waals surface area contributed by atoms with Gasteiger partial charge in [-0.1, -0.05) is 65.1 Å². The Balaban J connectivity index is 2.70. The summed E-state index contributed by atoms with van der Waals surface area (Å²) in [6, 6.07) is 8.61. The standard InChI is InChI=1S/C10H8Cl3NO/c11-10(12,13)9(14)6-8(15)7-4-2-1-3-5-7/h1-5,14H,6H2. The first-order valence-electron chi connectivity index (χ1n) is 4.14. The minimum atomic E-state index is -1.80. The van der Waals surface area contributed by atoms with E-state index < -0.39 is 3.79 Å². The maximum atomic E-state index is 11.6. The fourth-order valence-electron chi connectivity index (χ4n) is 0.987. The van der Waals surface area contributed by atoms with Crippen molar-refractivity contribution in [3.05, 3.63) is 35.9 Å². The molecule has 0 amide bonds. The van der Waals surface area contributed by atoms with Crippen LogP contribution >= 0.6 is 34.8 Å². The highest BCUT2D eigenvalue weighted by Crippen LogP contribution is 2.29. The molecular formula is C10H8Cl3NO. The monoisotopic (exact) mass is 263 g/mol. The number of benzene rings is 1. The molecule has 0 aliphatic heterocycles. The number of alkyl halides is 3. The van der Waals surface area contributed by atoms with E-state index in [9.17, 15) is 4.79 Å². The summed E-state index contributed by atoms with van der Waals surface area (Å²) in [5, 5.41) is 7.40. The van der Waals surface area contributed by atoms with Crippen molar-refractivity contribution < 1.29 is 4.79 Å². The van der Waals surface area contributed by atoms with Gasteiger partial charge in [0.2, 0.25) is 3.79 Å². The molecule has 0 saturated carbocycles. The Hall–Kier alpha value is -0.570. The molecule has 0 aromatic heterocycles. The van der Waals surface area contributed by atoms with Crippen LogP contribution in [0.25, 0.3) is 0 Å². The summed E-state index contributed by atoms with van der Waals surface area (Å²) in [4.78, 5) is 11.6. The Kier molecular flexibility index (Phi) is 4.14. The lowest BCUT2D eigenvalue weighted by Gasteiger charge is -2.11. The number of rotatable bonds is 3. The molecule has 15 heavy (non-hydrogen) atoms. The summed E-state index contributed by atoms with van der Waals surface area (Å²) in [6.45, 7) is 0. The second kappa shape index (κ2) is 4.97. The number of halogens is 3. The molecule has 0 atom stereocenters. The van der Waals surface area contributed by atoms with Gasteiger partial charge in [-0.05, 0) is 0 Å². The molecule has 0 unspecified atom stereocenters. The Morgan fingerprint density at radius 3 is 2.20 bits per heavy atom. The van der Waals surface area contributed by atoms with Crippen LogP contribution in [-0.4, -0.2) is 15.3 Å². The predicted octanol–water partition coefficient (Wildman–Crippen LogP) is 3.65. The molecule has 1 N–H and O–H groups in total. The molecule has 1 rings (SSSR count). The maximum Gasteiger partial charge on any atom is 0.228 e. The van der Waals surface area contributed by atoms with Crippen molar-refractivity contribution in [3.63, 3.8) is 0 Å². The average Bonchev–Trinajstić information content (AvgIpc) is 2.17. The largest absolute Gasteiger partial charge is 0.305 e. The topological polar surface area (TPSA) is 40.9 Å². The molecular weight excluding hydrogens is 256 g/mol. The quantitative estimate of drug-likeness (QED) is 0.505. The van der Waals surface area contributed by atoms with E-state index in [4.69, 9.17) is 40.2 Å². The van der Waals surface area contributed by atoms with Crippen LogP contribution in [0.4, 0.5) is 0 Å². The summed E-state index contributed by atoms with van der Waals surface area (Å²) in [6.07, 6.45) is -0.180. The molecule has 1 aromatic carbocycles. The highest BCUT2D eigenvalue weighted by Gasteiger charge is 2.28. The van der Waals surface area contributed by atoms with Crippen molar-refractivity contribution >= 4 is 46.3 Å². The lowest BCUT2D eigenvalue weighted by molar-refractivity contribution is 0.1000. The number of nitrogens with one attached hydrogen (secondary N) is 1. The molecule has 0 aliphatic rings. The van der Waals surface area contributed by atoms with Crippen molar-refractivity contribution in [2.45, 2.75) is 10.2 Å². The zero-order chi connectivity index (χ0) is 11.5. The highest BCUT2D eigenvalue weighted by atomic mass is 35.6. The van der Waals surface area contributed by atoms with Crippen LogP contribution in [-0.2, 0) is 0 Å². The molecule has 0 heterocycles. The summed E-state index contributed by atoms with van der Waals surface area (Å²) in [5.41, 5.74) is 0.290. The third-order valence-corrected chi connectivity index (χ3v) is 2.46. The van der Waals surface area contributed by atoms with Crippen LogP contribution in [0.15, 0.2) is 30.3 Å². The van der Waals surface area contributed by atoms with Gasteiger partial charge in [0, 0.05) is 5.56 Å². The maximum absolute atomic E-state index is 11.6. The van der Waals surface area contributed by atoms with Crippen molar-refractivity contribution in [3.8, 4) is 0 Å². The molecule has 0 fully saturated rings. The average molecular weight is 265 g/mol. The third kappa shape index (κ3) is 3.82. The first kappa shape index (κ1) is 12.5. The van der Waals surface area contributed by atoms with Gasteiger partial charge < -0.3 is 5.41 Å². The van der Waals surface area contributed by atoms with Crippen molar-refractivity contribution in [1.29, 1.82) is 5.41 Å². The fourth-order valence-corrected chi connectivity index (χ4v) is 1.19. The zero-order valence-electron chi connectivity index (χ0n) is 7.64. The number of ketones is 1. The molecule has 1 aromatic rings. The Morgan fingerprint density at radius 2 is 1.73 bits per heavy atom. The third-order valence-electron chi connectivity index (χ3n) is 1.78. The number of carbonyl (C=O) groups excluding carboxylic acids is 1. The van der Waals surface area contributed by atoms with E-state index in [0.717, 1.165) is 0 Å². The van der Waals surface area contributed by atoms with E-state index in [1.807, 2.05) is 0 Å². The van der Waals surface area contributed by atoms with Gasteiger partial charge in [0.25, 0.3) is 0 Å². The van der Waals surface area contributed by atoms with E-state index in [-0.39, 0.29) is 17.9 Å². The second-order valence-electron chi connectivity index (χ2n) is 2.94. The van der Waals surface area contributed by atoms with Crippen LogP contribution < -0.4 is 0 Å². The summed E-state index contributed by atoms with van der Waals surface area (Å²) >= 11 is 16.4. The SMILES string of the molecule is N=C(CC(=O)c1ccccc1)C(Cl)(Cl)Cl. The molecule has 5 heteroatoms. The number of carbonyl (C=O) groups is 1. The first-order valence-corrected chi connectivity index (χ1v) is 5.27.